The third-order valence-electron chi connectivity index (χ3n) is 3.09. The molecule has 4 heteroatoms. The maximum Gasteiger partial charge on any atom is 0.251 e. The van der Waals surface area contributed by atoms with Crippen LogP contribution in [0.3, 0.4) is 0 Å². The lowest BCUT2D eigenvalue weighted by atomic mass is 10.1. The molecule has 1 saturated carbocycles. The van der Waals surface area contributed by atoms with Gasteiger partial charge in [-0.1, -0.05) is 0 Å². The molecule has 2 aliphatic rings. The summed E-state index contributed by atoms with van der Waals surface area (Å²) in [6.07, 6.45) is 2.22. The average molecular weight is 232 g/mol. The van der Waals surface area contributed by atoms with Crippen LogP contribution in [0.15, 0.2) is 18.2 Å². The van der Waals surface area contributed by atoms with Crippen molar-refractivity contribution in [3.63, 3.8) is 0 Å². The van der Waals surface area contributed by atoms with Crippen molar-refractivity contribution >= 4 is 5.91 Å². The molecule has 0 radical (unpaired) electrons. The minimum Gasteiger partial charge on any atom is -0.492 e. The van der Waals surface area contributed by atoms with Crippen LogP contribution in [0.5, 0.6) is 5.75 Å². The van der Waals surface area contributed by atoms with Gasteiger partial charge in [-0.3, -0.25) is 4.79 Å². The summed E-state index contributed by atoms with van der Waals surface area (Å²) in [5, 5.41) is 6.26. The normalized spacial score (nSPS) is 18.8. The summed E-state index contributed by atoms with van der Waals surface area (Å²) in [5.41, 5.74) is 1.79. The van der Waals surface area contributed by atoms with Crippen LogP contribution in [0.1, 0.15) is 28.8 Å². The molecule has 90 valence electrons. The van der Waals surface area contributed by atoms with Gasteiger partial charge in [0.1, 0.15) is 12.4 Å². The van der Waals surface area contributed by atoms with Gasteiger partial charge in [0, 0.05) is 30.3 Å². The van der Waals surface area contributed by atoms with Crippen molar-refractivity contribution in [2.24, 2.45) is 0 Å². The second kappa shape index (κ2) is 4.37. The molecular formula is C13H16N2O2. The van der Waals surface area contributed by atoms with Crippen LogP contribution in [0.4, 0.5) is 0 Å². The molecule has 3 rings (SSSR count). The molecule has 1 aromatic carbocycles. The van der Waals surface area contributed by atoms with Crippen molar-refractivity contribution in [1.82, 2.24) is 10.6 Å². The van der Waals surface area contributed by atoms with Gasteiger partial charge in [-0.05, 0) is 31.0 Å². The minimum atomic E-state index is 0.0274. The zero-order chi connectivity index (χ0) is 11.7. The Bertz CT molecular complexity index is 441. The maximum absolute atomic E-state index is 11.9. The molecule has 1 fully saturated rings. The summed E-state index contributed by atoms with van der Waals surface area (Å²) in [7, 11) is 0. The van der Waals surface area contributed by atoms with Gasteiger partial charge in [0.25, 0.3) is 5.91 Å². The molecule has 0 bridgehead atoms. The number of hydrogen-bond acceptors (Lipinski definition) is 3. The highest BCUT2D eigenvalue weighted by atomic mass is 16.5. The van der Waals surface area contributed by atoms with E-state index >= 15 is 0 Å². The number of fused-ring (bicyclic) bond motifs is 1. The summed E-state index contributed by atoms with van der Waals surface area (Å²) >= 11 is 0. The minimum absolute atomic E-state index is 0.0274. The molecule has 0 unspecified atom stereocenters. The fourth-order valence-electron chi connectivity index (χ4n) is 1.95. The number of rotatable bonds is 2. The molecule has 1 aliphatic carbocycles. The third-order valence-corrected chi connectivity index (χ3v) is 3.09. The van der Waals surface area contributed by atoms with Gasteiger partial charge in [-0.25, -0.2) is 0 Å². The van der Waals surface area contributed by atoms with Gasteiger partial charge in [0.15, 0.2) is 0 Å². The first kappa shape index (κ1) is 10.6. The fourth-order valence-corrected chi connectivity index (χ4v) is 1.95. The standard InChI is InChI=1S/C13H16N2O2/c16-13(15-11-2-3-11)9-1-4-12-10(7-9)8-14-5-6-17-12/h1,4,7,11,14H,2-3,5-6,8H2,(H,15,16). The van der Waals surface area contributed by atoms with E-state index < -0.39 is 0 Å². The van der Waals surface area contributed by atoms with E-state index in [0.717, 1.165) is 42.8 Å². The lowest BCUT2D eigenvalue weighted by Gasteiger charge is -2.09. The average Bonchev–Trinajstić information content (AvgIpc) is 3.14. The van der Waals surface area contributed by atoms with Crippen LogP contribution in [0.25, 0.3) is 0 Å². The number of amides is 1. The van der Waals surface area contributed by atoms with Gasteiger partial charge in [0.2, 0.25) is 0 Å². The quantitative estimate of drug-likeness (QED) is 0.801. The number of hydrogen-bond donors (Lipinski definition) is 2. The first-order valence-corrected chi connectivity index (χ1v) is 6.10. The van der Waals surface area contributed by atoms with Crippen molar-refractivity contribution in [3.05, 3.63) is 29.3 Å². The van der Waals surface area contributed by atoms with Gasteiger partial charge in [-0.15, -0.1) is 0 Å². The molecule has 2 N–H and O–H groups in total. The molecule has 1 aliphatic heterocycles. The highest BCUT2D eigenvalue weighted by molar-refractivity contribution is 5.95. The number of ether oxygens (including phenoxy) is 1. The Balaban J connectivity index is 1.80. The van der Waals surface area contributed by atoms with Gasteiger partial charge in [-0.2, -0.15) is 0 Å². The van der Waals surface area contributed by atoms with E-state index in [2.05, 4.69) is 10.6 Å². The van der Waals surface area contributed by atoms with Crippen molar-refractivity contribution in [2.75, 3.05) is 13.2 Å². The highest BCUT2D eigenvalue weighted by Crippen LogP contribution is 2.23. The van der Waals surface area contributed by atoms with Crippen molar-refractivity contribution < 1.29 is 9.53 Å². The van der Waals surface area contributed by atoms with Crippen LogP contribution < -0.4 is 15.4 Å². The summed E-state index contributed by atoms with van der Waals surface area (Å²) in [6.45, 7) is 2.29. The summed E-state index contributed by atoms with van der Waals surface area (Å²) in [4.78, 5) is 11.9. The SMILES string of the molecule is O=C(NC1CC1)c1ccc2c(c1)CNCCO2. The Morgan fingerprint density at radius 3 is 3.12 bits per heavy atom. The molecular weight excluding hydrogens is 216 g/mol. The predicted molar refractivity (Wildman–Crippen MR) is 64.1 cm³/mol. The largest absolute Gasteiger partial charge is 0.492 e. The number of carbonyl (C=O) groups is 1. The molecule has 1 heterocycles. The molecule has 1 aromatic rings. The van der Waals surface area contributed by atoms with E-state index in [-0.39, 0.29) is 5.91 Å². The molecule has 17 heavy (non-hydrogen) atoms. The Morgan fingerprint density at radius 1 is 1.41 bits per heavy atom. The highest BCUT2D eigenvalue weighted by Gasteiger charge is 2.24. The van der Waals surface area contributed by atoms with E-state index in [9.17, 15) is 4.79 Å². The van der Waals surface area contributed by atoms with E-state index in [1.807, 2.05) is 18.2 Å². The molecule has 0 spiro atoms. The summed E-state index contributed by atoms with van der Waals surface area (Å²) in [6, 6.07) is 6.05. The second-order valence-corrected chi connectivity index (χ2v) is 4.60. The van der Waals surface area contributed by atoms with Gasteiger partial charge in [0.05, 0.1) is 0 Å². The monoisotopic (exact) mass is 232 g/mol. The van der Waals surface area contributed by atoms with Crippen LogP contribution in [-0.4, -0.2) is 25.1 Å². The first-order chi connectivity index (χ1) is 8.33. The Hall–Kier alpha value is -1.55. The number of nitrogens with one attached hydrogen (secondary N) is 2. The molecule has 0 atom stereocenters. The number of carbonyl (C=O) groups excluding carboxylic acids is 1. The maximum atomic E-state index is 11.9. The molecule has 4 nitrogen and oxygen atoms in total. The zero-order valence-electron chi connectivity index (χ0n) is 9.66. The van der Waals surface area contributed by atoms with E-state index in [4.69, 9.17) is 4.74 Å². The Kier molecular flexibility index (Phi) is 2.73. The second-order valence-electron chi connectivity index (χ2n) is 4.60. The topological polar surface area (TPSA) is 50.4 Å². The van der Waals surface area contributed by atoms with Gasteiger partial charge < -0.3 is 15.4 Å². The van der Waals surface area contributed by atoms with Crippen molar-refractivity contribution in [3.8, 4) is 5.75 Å². The summed E-state index contributed by atoms with van der Waals surface area (Å²) in [5.74, 6) is 0.914. The van der Waals surface area contributed by atoms with E-state index in [1.54, 1.807) is 0 Å². The zero-order valence-corrected chi connectivity index (χ0v) is 9.66. The van der Waals surface area contributed by atoms with E-state index in [1.165, 1.54) is 0 Å². The van der Waals surface area contributed by atoms with E-state index in [0.29, 0.717) is 12.6 Å². The molecule has 0 aromatic heterocycles. The van der Waals surface area contributed by atoms with Crippen LogP contribution in [0.2, 0.25) is 0 Å². The first-order valence-electron chi connectivity index (χ1n) is 6.10. The van der Waals surface area contributed by atoms with Crippen LogP contribution in [0, 0.1) is 0 Å². The van der Waals surface area contributed by atoms with Crippen molar-refractivity contribution in [2.45, 2.75) is 25.4 Å². The Labute approximate surface area is 100 Å². The fraction of sp³-hybridized carbons (Fsp3) is 0.462. The smallest absolute Gasteiger partial charge is 0.251 e. The Morgan fingerprint density at radius 2 is 2.29 bits per heavy atom. The van der Waals surface area contributed by atoms with Crippen LogP contribution >= 0.6 is 0 Å². The van der Waals surface area contributed by atoms with Gasteiger partial charge >= 0.3 is 0 Å². The molecule has 1 amide bonds. The van der Waals surface area contributed by atoms with Crippen molar-refractivity contribution in [1.29, 1.82) is 0 Å². The van der Waals surface area contributed by atoms with Crippen LogP contribution in [-0.2, 0) is 6.54 Å². The third kappa shape index (κ3) is 2.42. The lowest BCUT2D eigenvalue weighted by molar-refractivity contribution is 0.0951. The molecule has 0 saturated heterocycles. The number of benzene rings is 1. The summed E-state index contributed by atoms with van der Waals surface area (Å²) < 4.78 is 5.58. The predicted octanol–water partition coefficient (Wildman–Crippen LogP) is 1.06. The lowest BCUT2D eigenvalue weighted by Crippen LogP contribution is -2.25.